The van der Waals surface area contributed by atoms with Crippen molar-refractivity contribution >= 4 is 15.9 Å². The SMILES string of the molecule is CN(C)C(=O)CNS(=O)(=O)CCCCN. The second-order valence-corrected chi connectivity index (χ2v) is 5.35. The molecule has 0 aromatic carbocycles. The molecule has 0 radical (unpaired) electrons. The first-order chi connectivity index (χ1) is 6.89. The topological polar surface area (TPSA) is 92.5 Å². The molecule has 0 aliphatic carbocycles. The van der Waals surface area contributed by atoms with Crippen LogP contribution < -0.4 is 10.5 Å². The molecule has 0 aliphatic rings. The van der Waals surface area contributed by atoms with Gasteiger partial charge in [-0.05, 0) is 19.4 Å². The average molecular weight is 237 g/mol. The van der Waals surface area contributed by atoms with E-state index in [1.54, 1.807) is 14.1 Å². The van der Waals surface area contributed by atoms with E-state index in [2.05, 4.69) is 4.72 Å². The molecule has 0 bridgehead atoms. The number of nitrogens with one attached hydrogen (secondary N) is 1. The van der Waals surface area contributed by atoms with Crippen LogP contribution in [-0.4, -0.2) is 52.2 Å². The molecule has 0 atom stereocenters. The van der Waals surface area contributed by atoms with E-state index in [9.17, 15) is 13.2 Å². The minimum absolute atomic E-state index is 0.0188. The Morgan fingerprint density at radius 1 is 1.33 bits per heavy atom. The molecular weight excluding hydrogens is 218 g/mol. The quantitative estimate of drug-likeness (QED) is 0.540. The predicted molar refractivity (Wildman–Crippen MR) is 58.8 cm³/mol. The van der Waals surface area contributed by atoms with E-state index >= 15 is 0 Å². The zero-order chi connectivity index (χ0) is 11.9. The zero-order valence-electron chi connectivity index (χ0n) is 9.19. The molecule has 0 heterocycles. The second kappa shape index (κ2) is 6.76. The fraction of sp³-hybridized carbons (Fsp3) is 0.875. The van der Waals surface area contributed by atoms with Crippen LogP contribution in [-0.2, 0) is 14.8 Å². The van der Waals surface area contributed by atoms with Gasteiger partial charge < -0.3 is 10.6 Å². The van der Waals surface area contributed by atoms with Crippen LogP contribution >= 0.6 is 0 Å². The third kappa shape index (κ3) is 7.29. The molecule has 15 heavy (non-hydrogen) atoms. The number of hydrogen-bond donors (Lipinski definition) is 2. The highest BCUT2D eigenvalue weighted by molar-refractivity contribution is 7.89. The number of carbonyl (C=O) groups is 1. The number of sulfonamides is 1. The Hall–Kier alpha value is -0.660. The van der Waals surface area contributed by atoms with Crippen molar-refractivity contribution in [2.24, 2.45) is 5.73 Å². The Morgan fingerprint density at radius 3 is 2.40 bits per heavy atom. The normalized spacial score (nSPS) is 11.4. The summed E-state index contributed by atoms with van der Waals surface area (Å²) < 4.78 is 24.9. The van der Waals surface area contributed by atoms with E-state index in [1.165, 1.54) is 4.90 Å². The minimum atomic E-state index is -3.34. The first kappa shape index (κ1) is 14.3. The van der Waals surface area contributed by atoms with Crippen molar-refractivity contribution in [3.63, 3.8) is 0 Å². The first-order valence-electron chi connectivity index (χ1n) is 4.76. The summed E-state index contributed by atoms with van der Waals surface area (Å²) in [7, 11) is -0.187. The van der Waals surface area contributed by atoms with Crippen molar-refractivity contribution < 1.29 is 13.2 Å². The fourth-order valence-electron chi connectivity index (χ4n) is 0.838. The molecule has 6 nitrogen and oxygen atoms in total. The van der Waals surface area contributed by atoms with Gasteiger partial charge in [-0.2, -0.15) is 0 Å². The van der Waals surface area contributed by atoms with Crippen molar-refractivity contribution in [2.75, 3.05) is 32.9 Å². The van der Waals surface area contributed by atoms with Gasteiger partial charge in [0, 0.05) is 14.1 Å². The molecule has 0 saturated heterocycles. The van der Waals surface area contributed by atoms with Gasteiger partial charge >= 0.3 is 0 Å². The molecule has 90 valence electrons. The molecule has 0 aliphatic heterocycles. The van der Waals surface area contributed by atoms with Crippen LogP contribution in [0.1, 0.15) is 12.8 Å². The lowest BCUT2D eigenvalue weighted by Gasteiger charge is -2.11. The van der Waals surface area contributed by atoms with Crippen LogP contribution in [0.15, 0.2) is 0 Å². The second-order valence-electron chi connectivity index (χ2n) is 3.42. The molecule has 0 aromatic rings. The summed E-state index contributed by atoms with van der Waals surface area (Å²) in [5.74, 6) is -0.248. The van der Waals surface area contributed by atoms with Gasteiger partial charge in [0.1, 0.15) is 0 Å². The van der Waals surface area contributed by atoms with Gasteiger partial charge in [0.2, 0.25) is 15.9 Å². The number of carbonyl (C=O) groups excluding carboxylic acids is 1. The highest BCUT2D eigenvalue weighted by Crippen LogP contribution is 1.93. The molecule has 0 unspecified atom stereocenters. The van der Waals surface area contributed by atoms with Gasteiger partial charge in [-0.3, -0.25) is 4.79 Å². The maximum Gasteiger partial charge on any atom is 0.237 e. The zero-order valence-corrected chi connectivity index (χ0v) is 10.0. The fourth-order valence-corrected chi connectivity index (χ4v) is 1.91. The Labute approximate surface area is 90.9 Å². The molecule has 0 fully saturated rings. The van der Waals surface area contributed by atoms with Crippen LogP contribution in [0.3, 0.4) is 0 Å². The summed E-state index contributed by atoms with van der Waals surface area (Å²) in [5.41, 5.74) is 5.24. The summed E-state index contributed by atoms with van der Waals surface area (Å²) in [6.45, 7) is 0.296. The van der Waals surface area contributed by atoms with E-state index in [-0.39, 0.29) is 18.2 Å². The maximum atomic E-state index is 11.3. The van der Waals surface area contributed by atoms with Crippen molar-refractivity contribution in [1.82, 2.24) is 9.62 Å². The maximum absolute atomic E-state index is 11.3. The molecule has 3 N–H and O–H groups in total. The van der Waals surface area contributed by atoms with E-state index in [1.807, 2.05) is 0 Å². The van der Waals surface area contributed by atoms with E-state index in [0.717, 1.165) is 0 Å². The van der Waals surface area contributed by atoms with Crippen molar-refractivity contribution in [3.05, 3.63) is 0 Å². The third-order valence-electron chi connectivity index (χ3n) is 1.81. The highest BCUT2D eigenvalue weighted by Gasteiger charge is 2.12. The van der Waals surface area contributed by atoms with Crippen molar-refractivity contribution in [3.8, 4) is 0 Å². The van der Waals surface area contributed by atoms with Gasteiger partial charge in [-0.25, -0.2) is 13.1 Å². The molecular formula is C8H19N3O3S. The summed E-state index contributed by atoms with van der Waals surface area (Å²) in [4.78, 5) is 12.4. The minimum Gasteiger partial charge on any atom is -0.348 e. The smallest absolute Gasteiger partial charge is 0.237 e. The van der Waals surface area contributed by atoms with Gasteiger partial charge in [-0.1, -0.05) is 0 Å². The van der Waals surface area contributed by atoms with Crippen LogP contribution in [0.2, 0.25) is 0 Å². The summed E-state index contributed by atoms with van der Waals surface area (Å²) in [6, 6.07) is 0. The number of hydrogen-bond acceptors (Lipinski definition) is 4. The summed E-state index contributed by atoms with van der Waals surface area (Å²) in [6.07, 6.45) is 1.19. The number of unbranched alkanes of at least 4 members (excludes halogenated alkanes) is 1. The molecule has 0 rings (SSSR count). The van der Waals surface area contributed by atoms with E-state index < -0.39 is 10.0 Å². The van der Waals surface area contributed by atoms with E-state index in [0.29, 0.717) is 19.4 Å². The first-order valence-corrected chi connectivity index (χ1v) is 6.42. The number of nitrogens with zero attached hydrogens (tertiary/aromatic N) is 1. The van der Waals surface area contributed by atoms with E-state index in [4.69, 9.17) is 5.73 Å². The summed E-state index contributed by atoms with van der Waals surface area (Å²) in [5, 5.41) is 0. The summed E-state index contributed by atoms with van der Waals surface area (Å²) >= 11 is 0. The Kier molecular flexibility index (Phi) is 6.46. The lowest BCUT2D eigenvalue weighted by molar-refractivity contribution is -0.127. The number of likely N-dealkylation sites (N-methyl/N-ethyl adjacent to an activating group) is 1. The van der Waals surface area contributed by atoms with Crippen LogP contribution in [0.4, 0.5) is 0 Å². The van der Waals surface area contributed by atoms with Gasteiger partial charge in [-0.15, -0.1) is 0 Å². The predicted octanol–water partition coefficient (Wildman–Crippen LogP) is -1.27. The highest BCUT2D eigenvalue weighted by atomic mass is 32.2. The Morgan fingerprint density at radius 2 is 1.93 bits per heavy atom. The van der Waals surface area contributed by atoms with Crippen LogP contribution in [0, 0.1) is 0 Å². The van der Waals surface area contributed by atoms with Gasteiger partial charge in [0.25, 0.3) is 0 Å². The van der Waals surface area contributed by atoms with Crippen molar-refractivity contribution in [1.29, 1.82) is 0 Å². The Bertz CT molecular complexity index is 288. The molecule has 7 heteroatoms. The monoisotopic (exact) mass is 237 g/mol. The molecule has 0 aromatic heterocycles. The lowest BCUT2D eigenvalue weighted by Crippen LogP contribution is -2.37. The standard InChI is InChI=1S/C8H19N3O3S/c1-11(2)8(12)7-10-15(13,14)6-4-3-5-9/h10H,3-7,9H2,1-2H3. The van der Waals surface area contributed by atoms with Gasteiger partial charge in [0.15, 0.2) is 0 Å². The number of rotatable bonds is 7. The number of amides is 1. The molecule has 0 saturated carbocycles. The average Bonchev–Trinajstić information content (AvgIpc) is 2.14. The molecule has 0 spiro atoms. The van der Waals surface area contributed by atoms with Gasteiger partial charge in [0.05, 0.1) is 12.3 Å². The largest absolute Gasteiger partial charge is 0.348 e. The van der Waals surface area contributed by atoms with Crippen molar-refractivity contribution in [2.45, 2.75) is 12.8 Å². The van der Waals surface area contributed by atoms with Crippen LogP contribution in [0.25, 0.3) is 0 Å². The number of nitrogens with two attached hydrogens (primary N) is 1. The molecule has 1 amide bonds. The Balaban J connectivity index is 3.89. The lowest BCUT2D eigenvalue weighted by atomic mass is 10.3. The van der Waals surface area contributed by atoms with Crippen LogP contribution in [0.5, 0.6) is 0 Å². The third-order valence-corrected chi connectivity index (χ3v) is 3.22.